The zero-order chi connectivity index (χ0) is 16.3. The van der Waals surface area contributed by atoms with E-state index in [1.165, 1.54) is 4.90 Å². The number of carbonyl (C=O) groups is 2. The molecule has 0 spiro atoms. The molecule has 1 aromatic carbocycles. The molecular formula is C13H13I3NNaO4. The van der Waals surface area contributed by atoms with Gasteiger partial charge in [0, 0.05) is 17.7 Å². The van der Waals surface area contributed by atoms with Gasteiger partial charge < -0.3 is 19.5 Å². The number of rotatable bonds is 5. The summed E-state index contributed by atoms with van der Waals surface area (Å²) in [4.78, 5) is 24.8. The molecule has 0 radical (unpaired) electrons. The van der Waals surface area contributed by atoms with Gasteiger partial charge in [0.1, 0.15) is 11.9 Å². The minimum absolute atomic E-state index is 0. The molecule has 0 aromatic heterocycles. The van der Waals surface area contributed by atoms with E-state index in [2.05, 4.69) is 45.2 Å². The van der Waals surface area contributed by atoms with Crippen LogP contribution in [0.4, 0.5) is 0 Å². The molecule has 0 heterocycles. The third-order valence-corrected chi connectivity index (χ3v) is 5.32. The molecule has 0 aliphatic rings. The standard InChI is InChI=1S/C13H14I3NO4.Na/c1-4-8(13(19)20)21-11-7(15)5-6(14)9(10(11)16)12(18)17(2)3;/h5,8H,4H2,1-3H3,(H,19,20);/q;+1/p-1. The number of aliphatic carboxylic acids is 1. The molecule has 0 bridgehead atoms. The van der Waals surface area contributed by atoms with Crippen molar-refractivity contribution in [1.82, 2.24) is 4.90 Å². The largest absolute Gasteiger partial charge is 1.00 e. The quantitative estimate of drug-likeness (QED) is 0.307. The molecule has 0 fully saturated rings. The van der Waals surface area contributed by atoms with Crippen molar-refractivity contribution in [2.24, 2.45) is 0 Å². The zero-order valence-electron chi connectivity index (χ0n) is 12.6. The Morgan fingerprint density at radius 3 is 2.23 bits per heavy atom. The fourth-order valence-electron chi connectivity index (χ4n) is 1.54. The predicted molar refractivity (Wildman–Crippen MR) is 102 cm³/mol. The van der Waals surface area contributed by atoms with Gasteiger partial charge in [-0.2, -0.15) is 0 Å². The monoisotopic (exact) mass is 651 g/mol. The van der Waals surface area contributed by atoms with Gasteiger partial charge in [-0.1, -0.05) is 6.92 Å². The van der Waals surface area contributed by atoms with Crippen LogP contribution in [0.15, 0.2) is 6.07 Å². The Kier molecular flexibility index (Phi) is 10.7. The number of halogens is 3. The van der Waals surface area contributed by atoms with Gasteiger partial charge in [-0.15, -0.1) is 0 Å². The van der Waals surface area contributed by atoms with E-state index >= 15 is 0 Å². The van der Waals surface area contributed by atoms with Crippen LogP contribution in [0.3, 0.4) is 0 Å². The number of amides is 1. The van der Waals surface area contributed by atoms with Crippen molar-refractivity contribution in [3.63, 3.8) is 0 Å². The zero-order valence-corrected chi connectivity index (χ0v) is 21.0. The number of nitrogens with zero attached hydrogens (tertiary/aromatic N) is 1. The molecule has 5 nitrogen and oxygen atoms in total. The van der Waals surface area contributed by atoms with Crippen LogP contribution in [0, 0.1) is 10.7 Å². The third kappa shape index (κ3) is 5.60. The van der Waals surface area contributed by atoms with Crippen LogP contribution in [0.2, 0.25) is 0 Å². The average molecular weight is 651 g/mol. The van der Waals surface area contributed by atoms with E-state index < -0.39 is 12.1 Å². The van der Waals surface area contributed by atoms with Crippen LogP contribution in [0.1, 0.15) is 23.7 Å². The Hall–Kier alpha value is 1.15. The van der Waals surface area contributed by atoms with E-state index in [4.69, 9.17) is 4.74 Å². The molecule has 1 rings (SSSR count). The summed E-state index contributed by atoms with van der Waals surface area (Å²) in [5, 5.41) is 11.0. The normalized spacial score (nSPS) is 11.4. The van der Waals surface area contributed by atoms with Crippen LogP contribution in [0.5, 0.6) is 5.75 Å². The number of carbonyl (C=O) groups excluding carboxylic acids is 2. The van der Waals surface area contributed by atoms with Gasteiger partial charge in [0.15, 0.2) is 0 Å². The molecule has 0 aliphatic heterocycles. The number of benzene rings is 1. The number of hydrogen-bond donors (Lipinski definition) is 0. The van der Waals surface area contributed by atoms with Crippen molar-refractivity contribution in [1.29, 1.82) is 0 Å². The molecule has 1 amide bonds. The molecule has 0 saturated heterocycles. The van der Waals surface area contributed by atoms with Gasteiger partial charge in [0.25, 0.3) is 5.91 Å². The molecule has 22 heavy (non-hydrogen) atoms. The Bertz CT molecular complexity index is 581. The van der Waals surface area contributed by atoms with Crippen LogP contribution in [-0.4, -0.2) is 37.0 Å². The van der Waals surface area contributed by atoms with E-state index in [0.717, 1.165) is 7.14 Å². The Morgan fingerprint density at radius 1 is 1.27 bits per heavy atom. The second kappa shape index (κ2) is 10.2. The second-order valence-corrected chi connectivity index (χ2v) is 7.79. The maximum atomic E-state index is 12.3. The summed E-state index contributed by atoms with van der Waals surface area (Å²) >= 11 is 6.18. The Morgan fingerprint density at radius 2 is 1.82 bits per heavy atom. The van der Waals surface area contributed by atoms with Crippen molar-refractivity contribution in [2.75, 3.05) is 14.1 Å². The summed E-state index contributed by atoms with van der Waals surface area (Å²) in [5.41, 5.74) is 0.518. The molecule has 0 aliphatic carbocycles. The van der Waals surface area contributed by atoms with E-state index in [9.17, 15) is 14.7 Å². The van der Waals surface area contributed by atoms with Crippen LogP contribution >= 0.6 is 67.8 Å². The number of hydrogen-bond acceptors (Lipinski definition) is 4. The van der Waals surface area contributed by atoms with Crippen molar-refractivity contribution in [2.45, 2.75) is 19.4 Å². The van der Waals surface area contributed by atoms with Crippen molar-refractivity contribution in [3.05, 3.63) is 22.3 Å². The number of carboxylic acids is 1. The SMILES string of the molecule is CCC(Oc1c(I)cc(I)c(C(=O)N(C)C)c1I)C(=O)[O-].[Na+]. The second-order valence-electron chi connectivity index (χ2n) is 4.39. The van der Waals surface area contributed by atoms with Gasteiger partial charge in [-0.3, -0.25) is 4.79 Å². The fraction of sp³-hybridized carbons (Fsp3) is 0.385. The van der Waals surface area contributed by atoms with Crippen LogP contribution in [-0.2, 0) is 4.79 Å². The van der Waals surface area contributed by atoms with Crippen molar-refractivity contribution >= 4 is 79.6 Å². The summed E-state index contributed by atoms with van der Waals surface area (Å²) in [6, 6.07) is 1.80. The third-order valence-electron chi connectivity index (χ3n) is 2.64. The van der Waals surface area contributed by atoms with Gasteiger partial charge in [0.05, 0.1) is 18.7 Å². The van der Waals surface area contributed by atoms with Gasteiger partial charge in [0.2, 0.25) is 0 Å². The van der Waals surface area contributed by atoms with Crippen LogP contribution in [0.25, 0.3) is 0 Å². The van der Waals surface area contributed by atoms with Crippen LogP contribution < -0.4 is 39.4 Å². The minimum atomic E-state index is -1.26. The predicted octanol–water partition coefficient (Wildman–Crippen LogP) is -0.886. The van der Waals surface area contributed by atoms with Gasteiger partial charge in [-0.05, 0) is 80.3 Å². The first kappa shape index (κ1) is 23.1. The minimum Gasteiger partial charge on any atom is -0.546 e. The summed E-state index contributed by atoms with van der Waals surface area (Å²) < 4.78 is 7.73. The molecule has 0 saturated carbocycles. The van der Waals surface area contributed by atoms with Gasteiger partial charge >= 0.3 is 29.6 Å². The molecule has 1 atom stereocenters. The average Bonchev–Trinajstić information content (AvgIpc) is 2.37. The summed E-state index contributed by atoms with van der Waals surface area (Å²) in [7, 11) is 3.34. The van der Waals surface area contributed by atoms with E-state index in [0.29, 0.717) is 14.9 Å². The summed E-state index contributed by atoms with van der Waals surface area (Å²) in [6.07, 6.45) is -0.744. The topological polar surface area (TPSA) is 69.7 Å². The maximum Gasteiger partial charge on any atom is 1.00 e. The fourth-order valence-corrected chi connectivity index (χ4v) is 5.63. The first-order chi connectivity index (χ1) is 9.70. The molecule has 1 unspecified atom stereocenters. The summed E-state index contributed by atoms with van der Waals surface area (Å²) in [6.45, 7) is 1.71. The molecule has 116 valence electrons. The maximum absolute atomic E-state index is 12.3. The Balaban J connectivity index is 0.00000441. The number of carboxylic acid groups (broad SMARTS) is 1. The van der Waals surface area contributed by atoms with E-state index in [-0.39, 0.29) is 41.9 Å². The number of ether oxygens (including phenoxy) is 1. The summed E-state index contributed by atoms with van der Waals surface area (Å²) in [5.74, 6) is -0.993. The van der Waals surface area contributed by atoms with Gasteiger partial charge in [-0.25, -0.2) is 0 Å². The van der Waals surface area contributed by atoms with E-state index in [1.807, 2.05) is 22.6 Å². The molecular weight excluding hydrogens is 638 g/mol. The van der Waals surface area contributed by atoms with Crippen molar-refractivity contribution < 1.29 is 49.0 Å². The Labute approximate surface area is 192 Å². The first-order valence-corrected chi connectivity index (χ1v) is 9.20. The van der Waals surface area contributed by atoms with Crippen molar-refractivity contribution in [3.8, 4) is 5.75 Å². The smallest absolute Gasteiger partial charge is 0.546 e. The first-order valence-electron chi connectivity index (χ1n) is 5.97. The van der Waals surface area contributed by atoms with E-state index in [1.54, 1.807) is 27.1 Å². The molecule has 0 N–H and O–H groups in total. The molecule has 1 aromatic rings. The molecule has 9 heteroatoms.